The number of nitrogens with zero attached hydrogens (tertiary/aromatic N) is 1. The van der Waals surface area contributed by atoms with E-state index in [2.05, 4.69) is 16.0 Å². The Balaban J connectivity index is 4.53. The lowest BCUT2D eigenvalue weighted by Gasteiger charge is -2.16. The van der Waals surface area contributed by atoms with E-state index >= 15 is 0 Å². The van der Waals surface area contributed by atoms with Crippen molar-refractivity contribution < 1.29 is 19.5 Å². The molecule has 8 nitrogen and oxygen atoms in total. The second kappa shape index (κ2) is 10.2. The second-order valence-electron chi connectivity index (χ2n) is 5.10. The van der Waals surface area contributed by atoms with Crippen LogP contribution in [-0.4, -0.2) is 42.0 Å². The summed E-state index contributed by atoms with van der Waals surface area (Å²) in [5, 5.41) is 25.6. The van der Waals surface area contributed by atoms with Crippen molar-refractivity contribution in [3.05, 3.63) is 11.8 Å². The van der Waals surface area contributed by atoms with Crippen LogP contribution < -0.4 is 16.0 Å². The molecule has 22 heavy (non-hydrogen) atoms. The summed E-state index contributed by atoms with van der Waals surface area (Å²) >= 11 is 0. The normalized spacial score (nSPS) is 12.2. The Bertz CT molecular complexity index is 480. The smallest absolute Gasteiger partial charge is 0.326 e. The van der Waals surface area contributed by atoms with Gasteiger partial charge in [0.25, 0.3) is 5.91 Å². The van der Waals surface area contributed by atoms with Crippen molar-refractivity contribution in [3.8, 4) is 6.07 Å². The van der Waals surface area contributed by atoms with E-state index in [0.717, 1.165) is 0 Å². The minimum Gasteiger partial charge on any atom is -0.480 e. The molecule has 0 saturated carbocycles. The van der Waals surface area contributed by atoms with E-state index in [1.807, 2.05) is 13.8 Å². The van der Waals surface area contributed by atoms with Gasteiger partial charge in [-0.2, -0.15) is 5.26 Å². The fourth-order valence-corrected chi connectivity index (χ4v) is 1.56. The highest BCUT2D eigenvalue weighted by molar-refractivity contribution is 5.99. The van der Waals surface area contributed by atoms with Gasteiger partial charge in [-0.15, -0.1) is 0 Å². The number of carbonyl (C=O) groups is 3. The number of hydrogen-bond acceptors (Lipinski definition) is 5. The summed E-state index contributed by atoms with van der Waals surface area (Å²) in [5.41, 5.74) is -0.224. The number of nitriles is 1. The molecular formula is C14H22N4O4. The third kappa shape index (κ3) is 8.58. The molecule has 0 spiro atoms. The van der Waals surface area contributed by atoms with Crippen LogP contribution >= 0.6 is 0 Å². The van der Waals surface area contributed by atoms with Gasteiger partial charge < -0.3 is 21.1 Å². The minimum absolute atomic E-state index is 0.0895. The maximum atomic E-state index is 11.9. The standard InChI is InChI=1S/C14H22N4O4/c1-9(2)6-12(14(21)22)18-13(20)11(7-15)8-16-4-5-17-10(3)19/h8-9,12,16H,4-6H2,1-3H3,(H,17,19)(H,18,20)(H,21,22)/b11-8-. The van der Waals surface area contributed by atoms with Crippen molar-refractivity contribution >= 4 is 17.8 Å². The summed E-state index contributed by atoms with van der Waals surface area (Å²) in [6.07, 6.45) is 1.47. The molecule has 0 aliphatic carbocycles. The fourth-order valence-electron chi connectivity index (χ4n) is 1.56. The Hall–Kier alpha value is -2.56. The monoisotopic (exact) mass is 310 g/mol. The minimum atomic E-state index is -1.14. The summed E-state index contributed by atoms with van der Waals surface area (Å²) in [6, 6.07) is 0.667. The first-order valence-corrected chi connectivity index (χ1v) is 6.89. The third-order valence-corrected chi connectivity index (χ3v) is 2.57. The van der Waals surface area contributed by atoms with Gasteiger partial charge in [-0.1, -0.05) is 13.8 Å². The van der Waals surface area contributed by atoms with E-state index in [1.165, 1.54) is 13.1 Å². The Morgan fingerprint density at radius 2 is 1.91 bits per heavy atom. The number of aliphatic carboxylic acids is 1. The van der Waals surface area contributed by atoms with Gasteiger partial charge in [0.2, 0.25) is 5.91 Å². The van der Waals surface area contributed by atoms with Crippen LogP contribution in [0.4, 0.5) is 0 Å². The van der Waals surface area contributed by atoms with Crippen molar-refractivity contribution in [2.45, 2.75) is 33.2 Å². The van der Waals surface area contributed by atoms with Crippen LogP contribution in [0.3, 0.4) is 0 Å². The number of carbonyl (C=O) groups excluding carboxylic acids is 2. The average molecular weight is 310 g/mol. The van der Waals surface area contributed by atoms with Crippen LogP contribution in [0.1, 0.15) is 27.2 Å². The lowest BCUT2D eigenvalue weighted by molar-refractivity contribution is -0.141. The van der Waals surface area contributed by atoms with Gasteiger partial charge in [0.05, 0.1) is 0 Å². The van der Waals surface area contributed by atoms with Crippen molar-refractivity contribution in [2.75, 3.05) is 13.1 Å². The first kappa shape index (κ1) is 19.4. The molecule has 0 fully saturated rings. The molecule has 0 rings (SSSR count). The zero-order valence-corrected chi connectivity index (χ0v) is 13.0. The first-order valence-electron chi connectivity index (χ1n) is 6.89. The maximum Gasteiger partial charge on any atom is 0.326 e. The summed E-state index contributed by atoms with van der Waals surface area (Å²) < 4.78 is 0. The van der Waals surface area contributed by atoms with Crippen molar-refractivity contribution in [2.24, 2.45) is 5.92 Å². The molecular weight excluding hydrogens is 288 g/mol. The predicted octanol–water partition coefficient (Wildman–Crippen LogP) is -0.265. The van der Waals surface area contributed by atoms with Gasteiger partial charge in [-0.25, -0.2) is 4.79 Å². The topological polar surface area (TPSA) is 131 Å². The third-order valence-electron chi connectivity index (χ3n) is 2.57. The first-order chi connectivity index (χ1) is 10.3. The molecule has 0 bridgehead atoms. The number of nitrogens with one attached hydrogen (secondary N) is 3. The molecule has 0 aromatic heterocycles. The van der Waals surface area contributed by atoms with Gasteiger partial charge in [0.1, 0.15) is 17.7 Å². The van der Waals surface area contributed by atoms with E-state index in [4.69, 9.17) is 10.4 Å². The lowest BCUT2D eigenvalue weighted by Crippen LogP contribution is -2.42. The van der Waals surface area contributed by atoms with E-state index in [9.17, 15) is 14.4 Å². The Labute approximate surface area is 129 Å². The average Bonchev–Trinajstić information content (AvgIpc) is 2.40. The van der Waals surface area contributed by atoms with Crippen molar-refractivity contribution in [1.82, 2.24) is 16.0 Å². The molecule has 0 radical (unpaired) electrons. The molecule has 2 amide bonds. The van der Waals surface area contributed by atoms with Crippen LogP contribution in [0.15, 0.2) is 11.8 Å². The van der Waals surface area contributed by atoms with Gasteiger partial charge in [0, 0.05) is 26.2 Å². The number of carboxylic acid groups (broad SMARTS) is 1. The van der Waals surface area contributed by atoms with Crippen LogP contribution in [0.2, 0.25) is 0 Å². The van der Waals surface area contributed by atoms with E-state index in [0.29, 0.717) is 13.1 Å². The largest absolute Gasteiger partial charge is 0.480 e. The van der Waals surface area contributed by atoms with Crippen molar-refractivity contribution in [1.29, 1.82) is 5.26 Å². The zero-order valence-electron chi connectivity index (χ0n) is 13.0. The fraction of sp³-hybridized carbons (Fsp3) is 0.571. The number of hydrogen-bond donors (Lipinski definition) is 4. The van der Waals surface area contributed by atoms with Crippen molar-refractivity contribution in [3.63, 3.8) is 0 Å². The number of rotatable bonds is 9. The van der Waals surface area contributed by atoms with Crippen LogP contribution in [0.25, 0.3) is 0 Å². The molecule has 0 heterocycles. The van der Waals surface area contributed by atoms with E-state index in [-0.39, 0.29) is 23.8 Å². The molecule has 0 saturated heterocycles. The molecule has 0 aliphatic heterocycles. The summed E-state index contributed by atoms with van der Waals surface area (Å²) in [5.74, 6) is -1.98. The van der Waals surface area contributed by atoms with Gasteiger partial charge in [-0.3, -0.25) is 9.59 Å². The quantitative estimate of drug-likeness (QED) is 0.263. The molecule has 0 aromatic rings. The summed E-state index contributed by atoms with van der Waals surface area (Å²) in [7, 11) is 0. The van der Waals surface area contributed by atoms with Gasteiger partial charge >= 0.3 is 5.97 Å². The molecule has 8 heteroatoms. The molecule has 4 N–H and O–H groups in total. The molecule has 1 unspecified atom stereocenters. The highest BCUT2D eigenvalue weighted by Gasteiger charge is 2.22. The molecule has 0 aliphatic rings. The Morgan fingerprint density at radius 1 is 1.27 bits per heavy atom. The summed E-state index contributed by atoms with van der Waals surface area (Å²) in [4.78, 5) is 33.6. The highest BCUT2D eigenvalue weighted by atomic mass is 16.4. The zero-order chi connectivity index (χ0) is 17.1. The SMILES string of the molecule is CC(=O)NCCN/C=C(/C#N)C(=O)NC(CC(C)C)C(=O)O. The lowest BCUT2D eigenvalue weighted by atomic mass is 10.0. The van der Waals surface area contributed by atoms with E-state index in [1.54, 1.807) is 6.07 Å². The Morgan fingerprint density at radius 3 is 2.36 bits per heavy atom. The van der Waals surface area contributed by atoms with Crippen LogP contribution in [0, 0.1) is 17.2 Å². The molecule has 122 valence electrons. The molecule has 0 aromatic carbocycles. The van der Waals surface area contributed by atoms with Gasteiger partial charge in [-0.05, 0) is 12.3 Å². The molecule has 1 atom stereocenters. The number of carboxylic acids is 1. The maximum absolute atomic E-state index is 11.9. The number of amides is 2. The predicted molar refractivity (Wildman–Crippen MR) is 79.4 cm³/mol. The van der Waals surface area contributed by atoms with E-state index < -0.39 is 17.9 Å². The highest BCUT2D eigenvalue weighted by Crippen LogP contribution is 2.06. The van der Waals surface area contributed by atoms with Crippen LogP contribution in [-0.2, 0) is 14.4 Å². The Kier molecular flexibility index (Phi) is 9.02. The van der Waals surface area contributed by atoms with Gasteiger partial charge in [0.15, 0.2) is 0 Å². The van der Waals surface area contributed by atoms with Crippen LogP contribution in [0.5, 0.6) is 0 Å². The summed E-state index contributed by atoms with van der Waals surface area (Å²) in [6.45, 7) is 5.74. The second-order valence-corrected chi connectivity index (χ2v) is 5.10.